The number of rotatable bonds is 5. The van der Waals surface area contributed by atoms with Gasteiger partial charge in [0.05, 0.1) is 24.0 Å². The van der Waals surface area contributed by atoms with Gasteiger partial charge in [0.1, 0.15) is 18.0 Å². The predicted octanol–water partition coefficient (Wildman–Crippen LogP) is 1.80. The highest BCUT2D eigenvalue weighted by Gasteiger charge is 2.39. The summed E-state index contributed by atoms with van der Waals surface area (Å²) < 4.78 is 3.08. The number of nitrogens with zero attached hydrogens (tertiary/aromatic N) is 7. The van der Waals surface area contributed by atoms with E-state index < -0.39 is 5.60 Å². The van der Waals surface area contributed by atoms with Crippen LogP contribution in [0.2, 0.25) is 0 Å². The summed E-state index contributed by atoms with van der Waals surface area (Å²) in [5.41, 5.74) is 1.82. The van der Waals surface area contributed by atoms with Crippen LogP contribution in [-0.2, 0) is 11.3 Å². The number of carbonyl (C=O) groups excluding carboxylic acids is 1. The Bertz CT molecular complexity index is 1430. The first-order valence-corrected chi connectivity index (χ1v) is 11.8. The summed E-state index contributed by atoms with van der Waals surface area (Å²) >= 11 is 0. The van der Waals surface area contributed by atoms with Crippen molar-refractivity contribution in [2.45, 2.75) is 37.8 Å². The van der Waals surface area contributed by atoms with Crippen molar-refractivity contribution in [2.75, 3.05) is 13.1 Å². The highest BCUT2D eigenvalue weighted by atomic mass is 16.3. The average molecular weight is 472 g/mol. The molecule has 1 aliphatic heterocycles. The molecule has 4 heterocycles. The lowest BCUT2D eigenvalue weighted by Gasteiger charge is -2.38. The maximum absolute atomic E-state index is 13.2. The molecular formula is C25H25N7O3. The second kappa shape index (κ2) is 8.38. The van der Waals surface area contributed by atoms with E-state index in [-0.39, 0.29) is 23.9 Å². The second-order valence-electron chi connectivity index (χ2n) is 9.47. The summed E-state index contributed by atoms with van der Waals surface area (Å²) in [6.45, 7) is 1.16. The highest BCUT2D eigenvalue weighted by molar-refractivity contribution is 5.81. The number of amides is 1. The molecule has 1 saturated heterocycles. The molecule has 1 N–H and O–H groups in total. The Morgan fingerprint density at radius 1 is 1.03 bits per heavy atom. The summed E-state index contributed by atoms with van der Waals surface area (Å²) in [5.74, 6) is 0.375. The average Bonchev–Trinajstić information content (AvgIpc) is 3.65. The first-order valence-electron chi connectivity index (χ1n) is 11.8. The van der Waals surface area contributed by atoms with E-state index in [1.807, 2.05) is 29.2 Å². The maximum atomic E-state index is 13.2. The molecule has 1 saturated carbocycles. The minimum atomic E-state index is -1.05. The second-order valence-corrected chi connectivity index (χ2v) is 9.47. The molecular weight excluding hydrogens is 446 g/mol. The standard InChI is InChI=1S/C25H25N7O3/c33-23(18-1-2-18)30-9-7-25(35,8-10-30)14-31-16-28-22-21(24(31)34)13-29-32(22)20-5-3-17(4-6-20)19-11-26-15-27-12-19/h3-6,11-13,15-16,18,35H,1-2,7-10,14H2. The van der Waals surface area contributed by atoms with E-state index >= 15 is 0 Å². The number of benzene rings is 1. The number of fused-ring (bicyclic) bond motifs is 1. The number of hydrogen-bond acceptors (Lipinski definition) is 7. The van der Waals surface area contributed by atoms with Crippen LogP contribution in [0, 0.1) is 5.92 Å². The van der Waals surface area contributed by atoms with Gasteiger partial charge in [-0.2, -0.15) is 5.10 Å². The third kappa shape index (κ3) is 4.10. The number of aliphatic hydroxyl groups is 1. The number of piperidine rings is 1. The monoisotopic (exact) mass is 471 g/mol. The Labute approximate surface area is 200 Å². The summed E-state index contributed by atoms with van der Waals surface area (Å²) in [6, 6.07) is 7.69. The molecule has 6 rings (SSSR count). The Balaban J connectivity index is 1.21. The van der Waals surface area contributed by atoms with Gasteiger partial charge in [0, 0.05) is 37.0 Å². The van der Waals surface area contributed by atoms with Gasteiger partial charge in [0.2, 0.25) is 5.91 Å². The van der Waals surface area contributed by atoms with E-state index in [9.17, 15) is 14.7 Å². The van der Waals surface area contributed by atoms with Crippen molar-refractivity contribution in [3.63, 3.8) is 0 Å². The van der Waals surface area contributed by atoms with Crippen molar-refractivity contribution in [2.24, 2.45) is 5.92 Å². The molecule has 0 radical (unpaired) electrons. The van der Waals surface area contributed by atoms with Gasteiger partial charge in [-0.3, -0.25) is 14.2 Å². The van der Waals surface area contributed by atoms with Crippen LogP contribution in [-0.4, -0.2) is 63.9 Å². The lowest BCUT2D eigenvalue weighted by molar-refractivity contribution is -0.137. The van der Waals surface area contributed by atoms with Gasteiger partial charge in [-0.05, 0) is 43.4 Å². The first kappa shape index (κ1) is 21.6. The first-order chi connectivity index (χ1) is 17.0. The Morgan fingerprint density at radius 3 is 2.43 bits per heavy atom. The van der Waals surface area contributed by atoms with Crippen LogP contribution in [0.5, 0.6) is 0 Å². The molecule has 3 aromatic heterocycles. The van der Waals surface area contributed by atoms with Crippen LogP contribution < -0.4 is 5.56 Å². The summed E-state index contributed by atoms with van der Waals surface area (Å²) in [6.07, 6.45) is 10.8. The van der Waals surface area contributed by atoms with Crippen LogP contribution in [0.1, 0.15) is 25.7 Å². The van der Waals surface area contributed by atoms with Crippen LogP contribution in [0.25, 0.3) is 27.8 Å². The topological polar surface area (TPSA) is 119 Å². The van der Waals surface area contributed by atoms with E-state index in [0.717, 1.165) is 29.7 Å². The summed E-state index contributed by atoms with van der Waals surface area (Å²) in [4.78, 5) is 39.9. The predicted molar refractivity (Wildman–Crippen MR) is 128 cm³/mol. The summed E-state index contributed by atoms with van der Waals surface area (Å²) in [7, 11) is 0. The molecule has 10 heteroatoms. The van der Waals surface area contributed by atoms with Gasteiger partial charge in [-0.25, -0.2) is 19.6 Å². The zero-order chi connectivity index (χ0) is 24.0. The van der Waals surface area contributed by atoms with Crippen LogP contribution >= 0.6 is 0 Å². The zero-order valence-corrected chi connectivity index (χ0v) is 19.1. The quantitative estimate of drug-likeness (QED) is 0.471. The van der Waals surface area contributed by atoms with Crippen molar-refractivity contribution < 1.29 is 9.90 Å². The lowest BCUT2D eigenvalue weighted by atomic mass is 9.91. The molecule has 1 amide bonds. The molecule has 4 aromatic rings. The maximum Gasteiger partial charge on any atom is 0.264 e. The van der Waals surface area contributed by atoms with E-state index in [0.29, 0.717) is 37.0 Å². The largest absolute Gasteiger partial charge is 0.388 e. The highest BCUT2D eigenvalue weighted by Crippen LogP contribution is 2.33. The Hall–Kier alpha value is -3.92. The van der Waals surface area contributed by atoms with Crippen molar-refractivity contribution in [3.8, 4) is 16.8 Å². The van der Waals surface area contributed by atoms with Crippen molar-refractivity contribution in [1.82, 2.24) is 34.2 Å². The normalized spacial score (nSPS) is 17.6. The number of carbonyl (C=O) groups is 1. The fourth-order valence-corrected chi connectivity index (χ4v) is 4.70. The van der Waals surface area contributed by atoms with Crippen LogP contribution in [0.3, 0.4) is 0 Å². The number of aromatic nitrogens is 6. The number of likely N-dealkylation sites (tertiary alicyclic amines) is 1. The van der Waals surface area contributed by atoms with E-state index in [1.54, 1.807) is 17.1 Å². The van der Waals surface area contributed by atoms with Crippen LogP contribution in [0.15, 0.2) is 60.3 Å². The van der Waals surface area contributed by atoms with Gasteiger partial charge < -0.3 is 10.0 Å². The summed E-state index contributed by atoms with van der Waals surface area (Å²) in [5, 5.41) is 15.9. The molecule has 178 valence electrons. The third-order valence-corrected chi connectivity index (χ3v) is 6.96. The van der Waals surface area contributed by atoms with Gasteiger partial charge in [0.15, 0.2) is 5.65 Å². The van der Waals surface area contributed by atoms with Gasteiger partial charge in [0.25, 0.3) is 5.56 Å². The molecule has 2 aliphatic rings. The fraction of sp³-hybridized carbons (Fsp3) is 0.360. The molecule has 35 heavy (non-hydrogen) atoms. The number of hydrogen-bond donors (Lipinski definition) is 1. The minimum Gasteiger partial charge on any atom is -0.388 e. The molecule has 1 aliphatic carbocycles. The molecule has 2 fully saturated rings. The van der Waals surface area contributed by atoms with E-state index in [2.05, 4.69) is 20.1 Å². The molecule has 10 nitrogen and oxygen atoms in total. The van der Waals surface area contributed by atoms with Gasteiger partial charge >= 0.3 is 0 Å². The van der Waals surface area contributed by atoms with Crippen LogP contribution in [0.4, 0.5) is 0 Å². The molecule has 0 spiro atoms. The van der Waals surface area contributed by atoms with Gasteiger partial charge in [-0.15, -0.1) is 0 Å². The molecule has 0 bridgehead atoms. The van der Waals surface area contributed by atoms with Gasteiger partial charge in [-0.1, -0.05) is 12.1 Å². The van der Waals surface area contributed by atoms with Crippen molar-refractivity contribution in [1.29, 1.82) is 0 Å². The Kier molecular flexibility index (Phi) is 5.18. The van der Waals surface area contributed by atoms with E-state index in [4.69, 9.17) is 0 Å². The van der Waals surface area contributed by atoms with E-state index in [1.165, 1.54) is 23.4 Å². The molecule has 1 aromatic carbocycles. The fourth-order valence-electron chi connectivity index (χ4n) is 4.70. The minimum absolute atomic E-state index is 0.138. The lowest BCUT2D eigenvalue weighted by Crippen LogP contribution is -2.50. The molecule has 0 unspecified atom stereocenters. The SMILES string of the molecule is O=C(C1CC1)N1CCC(O)(Cn2cnc3c(cnn3-c3ccc(-c4cncnc4)cc3)c2=O)CC1. The van der Waals surface area contributed by atoms with Crippen molar-refractivity contribution in [3.05, 3.63) is 65.9 Å². The third-order valence-electron chi connectivity index (χ3n) is 6.96. The zero-order valence-electron chi connectivity index (χ0n) is 19.1. The Morgan fingerprint density at radius 2 is 1.74 bits per heavy atom. The smallest absolute Gasteiger partial charge is 0.264 e. The molecule has 0 atom stereocenters. The van der Waals surface area contributed by atoms with Crippen molar-refractivity contribution >= 4 is 16.9 Å².